The summed E-state index contributed by atoms with van der Waals surface area (Å²) in [6.45, 7) is 6.54. The Bertz CT molecular complexity index is 342. The van der Waals surface area contributed by atoms with Gasteiger partial charge in [-0.25, -0.2) is 8.78 Å². The van der Waals surface area contributed by atoms with Gasteiger partial charge in [-0.2, -0.15) is 0 Å². The van der Waals surface area contributed by atoms with Crippen molar-refractivity contribution in [3.63, 3.8) is 0 Å². The van der Waals surface area contributed by atoms with Crippen LogP contribution >= 0.6 is 0 Å². The number of hydrogen-bond donors (Lipinski definition) is 1. The Morgan fingerprint density at radius 2 is 2.06 bits per heavy atom. The van der Waals surface area contributed by atoms with Crippen LogP contribution in [0.5, 0.6) is 0 Å². The molecule has 1 aromatic carbocycles. The molecule has 2 nitrogen and oxygen atoms in total. The molecule has 1 aromatic rings. The van der Waals surface area contributed by atoms with Gasteiger partial charge in [-0.15, -0.1) is 0 Å². The first kappa shape index (κ1) is 14.1. The normalized spacial score (nSPS) is 11.1. The van der Waals surface area contributed by atoms with Gasteiger partial charge < -0.3 is 10.1 Å². The van der Waals surface area contributed by atoms with E-state index < -0.39 is 11.6 Å². The Kier molecular flexibility index (Phi) is 6.08. The summed E-state index contributed by atoms with van der Waals surface area (Å²) in [7, 11) is 0. The fourth-order valence-electron chi connectivity index (χ4n) is 1.35. The smallest absolute Gasteiger partial charge is 0.130 e. The molecule has 0 bridgehead atoms. The third-order valence-corrected chi connectivity index (χ3v) is 2.20. The first-order chi connectivity index (χ1) is 8.09. The third kappa shape index (κ3) is 5.75. The van der Waals surface area contributed by atoms with E-state index in [9.17, 15) is 8.78 Å². The van der Waals surface area contributed by atoms with Crippen molar-refractivity contribution in [2.45, 2.75) is 20.4 Å². The number of halogens is 2. The van der Waals surface area contributed by atoms with Gasteiger partial charge in [0.05, 0.1) is 6.61 Å². The zero-order valence-corrected chi connectivity index (χ0v) is 10.3. The summed E-state index contributed by atoms with van der Waals surface area (Å²) < 4.78 is 31.2. The Morgan fingerprint density at radius 1 is 1.29 bits per heavy atom. The maximum absolute atomic E-state index is 13.2. The highest BCUT2D eigenvalue weighted by Crippen LogP contribution is 2.08. The second kappa shape index (κ2) is 7.35. The molecule has 4 heteroatoms. The summed E-state index contributed by atoms with van der Waals surface area (Å²) in [6, 6.07) is 3.61. The van der Waals surface area contributed by atoms with Crippen molar-refractivity contribution < 1.29 is 13.5 Å². The first-order valence-electron chi connectivity index (χ1n) is 5.82. The summed E-state index contributed by atoms with van der Waals surface area (Å²) in [6.07, 6.45) is 0. The van der Waals surface area contributed by atoms with E-state index in [1.165, 1.54) is 12.1 Å². The number of ether oxygens (including phenoxy) is 1. The molecule has 0 saturated carbocycles. The lowest BCUT2D eigenvalue weighted by molar-refractivity contribution is 0.111. The molecular formula is C13H19F2NO. The number of hydrogen-bond acceptors (Lipinski definition) is 2. The second-order valence-electron chi connectivity index (χ2n) is 4.38. The molecule has 1 N–H and O–H groups in total. The standard InChI is InChI=1S/C13H19F2NO/c1-10(2)9-17-6-5-16-8-11-3-4-12(14)7-13(11)15/h3-4,7,10,16H,5-6,8-9H2,1-2H3. The summed E-state index contributed by atoms with van der Waals surface area (Å²) >= 11 is 0. The van der Waals surface area contributed by atoms with Crippen LogP contribution < -0.4 is 5.32 Å². The van der Waals surface area contributed by atoms with Crippen molar-refractivity contribution in [3.8, 4) is 0 Å². The van der Waals surface area contributed by atoms with E-state index in [4.69, 9.17) is 4.74 Å². The quantitative estimate of drug-likeness (QED) is 0.743. The average molecular weight is 243 g/mol. The van der Waals surface area contributed by atoms with Crippen molar-refractivity contribution in [1.29, 1.82) is 0 Å². The van der Waals surface area contributed by atoms with Crippen molar-refractivity contribution in [1.82, 2.24) is 5.32 Å². The zero-order chi connectivity index (χ0) is 12.7. The van der Waals surface area contributed by atoms with E-state index in [0.717, 1.165) is 12.7 Å². The molecule has 0 aromatic heterocycles. The predicted octanol–water partition coefficient (Wildman–Crippen LogP) is 2.73. The van der Waals surface area contributed by atoms with Crippen LogP contribution in [0.3, 0.4) is 0 Å². The summed E-state index contributed by atoms with van der Waals surface area (Å²) in [5, 5.41) is 3.05. The van der Waals surface area contributed by atoms with Crippen molar-refractivity contribution in [2.24, 2.45) is 5.92 Å². The van der Waals surface area contributed by atoms with Crippen LogP contribution in [0.15, 0.2) is 18.2 Å². The van der Waals surface area contributed by atoms with Crippen LogP contribution in [0.1, 0.15) is 19.4 Å². The number of nitrogens with one attached hydrogen (secondary N) is 1. The lowest BCUT2D eigenvalue weighted by Gasteiger charge is -2.08. The fourth-order valence-corrected chi connectivity index (χ4v) is 1.35. The first-order valence-corrected chi connectivity index (χ1v) is 5.82. The molecule has 0 fully saturated rings. The Balaban J connectivity index is 2.18. The molecule has 1 rings (SSSR count). The second-order valence-corrected chi connectivity index (χ2v) is 4.38. The van der Waals surface area contributed by atoms with Gasteiger partial charge in [0, 0.05) is 31.3 Å². The molecule has 96 valence electrons. The van der Waals surface area contributed by atoms with Crippen LogP contribution in [0.2, 0.25) is 0 Å². The lowest BCUT2D eigenvalue weighted by Crippen LogP contribution is -2.20. The minimum atomic E-state index is -0.550. The monoisotopic (exact) mass is 243 g/mol. The van der Waals surface area contributed by atoms with Crippen molar-refractivity contribution in [3.05, 3.63) is 35.4 Å². The lowest BCUT2D eigenvalue weighted by atomic mass is 10.2. The van der Waals surface area contributed by atoms with E-state index in [2.05, 4.69) is 19.2 Å². The van der Waals surface area contributed by atoms with E-state index in [0.29, 0.717) is 31.2 Å². The highest BCUT2D eigenvalue weighted by atomic mass is 19.1. The summed E-state index contributed by atoms with van der Waals surface area (Å²) in [5.41, 5.74) is 0.468. The molecule has 0 aliphatic rings. The molecule has 0 amide bonds. The average Bonchev–Trinajstić information content (AvgIpc) is 2.25. The molecule has 17 heavy (non-hydrogen) atoms. The van der Waals surface area contributed by atoms with E-state index in [1.54, 1.807) is 0 Å². The van der Waals surface area contributed by atoms with Gasteiger partial charge >= 0.3 is 0 Å². The maximum Gasteiger partial charge on any atom is 0.130 e. The Labute approximate surface area is 101 Å². The third-order valence-electron chi connectivity index (χ3n) is 2.20. The SMILES string of the molecule is CC(C)COCCNCc1ccc(F)cc1F. The van der Waals surface area contributed by atoms with Crippen molar-refractivity contribution >= 4 is 0 Å². The van der Waals surface area contributed by atoms with Gasteiger partial charge in [0.25, 0.3) is 0 Å². The van der Waals surface area contributed by atoms with Crippen molar-refractivity contribution in [2.75, 3.05) is 19.8 Å². The minimum Gasteiger partial charge on any atom is -0.380 e. The molecular weight excluding hydrogens is 224 g/mol. The van der Waals surface area contributed by atoms with Crippen LogP contribution in [-0.4, -0.2) is 19.8 Å². The maximum atomic E-state index is 13.2. The van der Waals surface area contributed by atoms with Gasteiger partial charge in [0.1, 0.15) is 11.6 Å². The van der Waals surface area contributed by atoms with Gasteiger partial charge in [-0.3, -0.25) is 0 Å². The van der Waals surface area contributed by atoms with Gasteiger partial charge in [0.15, 0.2) is 0 Å². The van der Waals surface area contributed by atoms with E-state index in [-0.39, 0.29) is 0 Å². The van der Waals surface area contributed by atoms with Crippen LogP contribution in [0.25, 0.3) is 0 Å². The largest absolute Gasteiger partial charge is 0.380 e. The topological polar surface area (TPSA) is 21.3 Å². The summed E-state index contributed by atoms with van der Waals surface area (Å²) in [5.74, 6) is -0.545. The molecule has 0 unspecified atom stereocenters. The Hall–Kier alpha value is -1.00. The number of rotatable bonds is 7. The van der Waals surface area contributed by atoms with Gasteiger partial charge in [0.2, 0.25) is 0 Å². The van der Waals surface area contributed by atoms with Crippen LogP contribution in [0.4, 0.5) is 8.78 Å². The summed E-state index contributed by atoms with van der Waals surface area (Å²) in [4.78, 5) is 0. The minimum absolute atomic E-state index is 0.386. The van der Waals surface area contributed by atoms with Crippen LogP contribution in [0, 0.1) is 17.6 Å². The van der Waals surface area contributed by atoms with Gasteiger partial charge in [-0.1, -0.05) is 19.9 Å². The van der Waals surface area contributed by atoms with Crippen LogP contribution in [-0.2, 0) is 11.3 Å². The molecule has 0 radical (unpaired) electrons. The van der Waals surface area contributed by atoms with Gasteiger partial charge in [-0.05, 0) is 12.0 Å². The Morgan fingerprint density at radius 3 is 2.71 bits per heavy atom. The highest BCUT2D eigenvalue weighted by Gasteiger charge is 2.02. The molecule has 0 aliphatic carbocycles. The fraction of sp³-hybridized carbons (Fsp3) is 0.538. The van der Waals surface area contributed by atoms with E-state index in [1.807, 2.05) is 0 Å². The molecule has 0 spiro atoms. The zero-order valence-electron chi connectivity index (χ0n) is 10.3. The predicted molar refractivity (Wildman–Crippen MR) is 63.7 cm³/mol. The highest BCUT2D eigenvalue weighted by molar-refractivity contribution is 5.18. The number of benzene rings is 1. The molecule has 0 saturated heterocycles. The molecule has 0 heterocycles. The molecule has 0 atom stereocenters. The van der Waals surface area contributed by atoms with E-state index >= 15 is 0 Å². The molecule has 0 aliphatic heterocycles.